The van der Waals surface area contributed by atoms with E-state index in [2.05, 4.69) is 23.8 Å². The van der Waals surface area contributed by atoms with Gasteiger partial charge >= 0.3 is 0 Å². The lowest BCUT2D eigenvalue weighted by atomic mass is 9.76. The summed E-state index contributed by atoms with van der Waals surface area (Å²) in [5.74, 6) is 0.346. The minimum absolute atomic E-state index is 0.0709. The fourth-order valence-electron chi connectivity index (χ4n) is 2.57. The van der Waals surface area contributed by atoms with Crippen LogP contribution < -0.4 is 0 Å². The molecule has 0 bridgehead atoms. The molecule has 0 aliphatic heterocycles. The highest BCUT2D eigenvalue weighted by Crippen LogP contribution is 2.34. The molecule has 0 amide bonds. The first-order valence-electron chi connectivity index (χ1n) is 6.60. The van der Waals surface area contributed by atoms with Gasteiger partial charge in [0.25, 0.3) is 0 Å². The van der Waals surface area contributed by atoms with E-state index >= 15 is 0 Å². The maximum atomic E-state index is 12.9. The summed E-state index contributed by atoms with van der Waals surface area (Å²) in [4.78, 5) is 20.8. The molecule has 0 saturated heterocycles. The van der Waals surface area contributed by atoms with E-state index < -0.39 is 0 Å². The SMILES string of the molecule is CC1(C)CC(=O)c2cnc(-c3ccc(F)cc3)nc2C1. The smallest absolute Gasteiger partial charge is 0.166 e. The molecule has 20 heavy (non-hydrogen) atoms. The van der Waals surface area contributed by atoms with Crippen LogP contribution in [0.3, 0.4) is 0 Å². The van der Waals surface area contributed by atoms with Crippen molar-refractivity contribution in [2.24, 2.45) is 5.41 Å². The normalized spacial score (nSPS) is 16.9. The number of ketones is 1. The van der Waals surface area contributed by atoms with Gasteiger partial charge in [0.05, 0.1) is 11.3 Å². The van der Waals surface area contributed by atoms with E-state index in [0.717, 1.165) is 17.7 Å². The number of hydrogen-bond acceptors (Lipinski definition) is 3. The van der Waals surface area contributed by atoms with E-state index in [-0.39, 0.29) is 17.0 Å². The van der Waals surface area contributed by atoms with E-state index in [0.29, 0.717) is 17.8 Å². The second kappa shape index (κ2) is 4.47. The third kappa shape index (κ3) is 2.33. The summed E-state index contributed by atoms with van der Waals surface area (Å²) in [5, 5.41) is 0. The van der Waals surface area contributed by atoms with E-state index in [9.17, 15) is 9.18 Å². The van der Waals surface area contributed by atoms with E-state index in [1.807, 2.05) is 0 Å². The van der Waals surface area contributed by atoms with Gasteiger partial charge in [0.15, 0.2) is 11.6 Å². The van der Waals surface area contributed by atoms with Crippen molar-refractivity contribution in [1.82, 2.24) is 9.97 Å². The van der Waals surface area contributed by atoms with Gasteiger partial charge < -0.3 is 0 Å². The Balaban J connectivity index is 2.05. The van der Waals surface area contributed by atoms with Crippen molar-refractivity contribution in [3.8, 4) is 11.4 Å². The molecule has 1 aliphatic carbocycles. The van der Waals surface area contributed by atoms with Crippen LogP contribution in [-0.2, 0) is 6.42 Å². The number of aromatic nitrogens is 2. The number of carbonyl (C=O) groups is 1. The second-order valence-electron chi connectivity index (χ2n) is 6.00. The molecule has 102 valence electrons. The summed E-state index contributed by atoms with van der Waals surface area (Å²) < 4.78 is 12.9. The van der Waals surface area contributed by atoms with Crippen molar-refractivity contribution in [2.75, 3.05) is 0 Å². The van der Waals surface area contributed by atoms with E-state index in [1.165, 1.54) is 12.1 Å². The Morgan fingerprint density at radius 3 is 2.55 bits per heavy atom. The van der Waals surface area contributed by atoms with Crippen molar-refractivity contribution >= 4 is 5.78 Å². The van der Waals surface area contributed by atoms with E-state index in [1.54, 1.807) is 18.3 Å². The molecule has 0 N–H and O–H groups in total. The van der Waals surface area contributed by atoms with Gasteiger partial charge in [0.1, 0.15) is 5.82 Å². The summed E-state index contributed by atoms with van der Waals surface area (Å²) in [6, 6.07) is 6.06. The van der Waals surface area contributed by atoms with Crippen molar-refractivity contribution in [3.63, 3.8) is 0 Å². The van der Waals surface area contributed by atoms with Crippen LogP contribution >= 0.6 is 0 Å². The highest BCUT2D eigenvalue weighted by molar-refractivity contribution is 5.98. The standard InChI is InChI=1S/C16H15FN2O/c1-16(2)7-13-12(14(20)8-16)9-18-15(19-13)10-3-5-11(17)6-4-10/h3-6,9H,7-8H2,1-2H3. The molecular formula is C16H15FN2O. The van der Waals surface area contributed by atoms with Gasteiger partial charge in [0, 0.05) is 18.2 Å². The van der Waals surface area contributed by atoms with Crippen LogP contribution in [0.4, 0.5) is 4.39 Å². The lowest BCUT2D eigenvalue weighted by Crippen LogP contribution is -2.28. The number of carbonyl (C=O) groups excluding carboxylic acids is 1. The zero-order valence-corrected chi connectivity index (χ0v) is 11.5. The van der Waals surface area contributed by atoms with Crippen LogP contribution in [0, 0.1) is 11.2 Å². The third-order valence-corrected chi connectivity index (χ3v) is 3.56. The van der Waals surface area contributed by atoms with Gasteiger partial charge in [-0.05, 0) is 36.1 Å². The third-order valence-electron chi connectivity index (χ3n) is 3.56. The molecule has 0 saturated carbocycles. The number of benzene rings is 1. The number of Topliss-reactive ketones (excluding diaryl/α,β-unsaturated/α-hetero) is 1. The summed E-state index contributed by atoms with van der Waals surface area (Å²) in [6.07, 6.45) is 2.88. The molecule has 2 aromatic rings. The van der Waals surface area contributed by atoms with Gasteiger partial charge in [-0.3, -0.25) is 4.79 Å². The zero-order valence-electron chi connectivity index (χ0n) is 11.5. The molecule has 3 rings (SSSR count). The summed E-state index contributed by atoms with van der Waals surface area (Å²) in [5.41, 5.74) is 2.10. The molecule has 1 aromatic carbocycles. The molecule has 1 heterocycles. The monoisotopic (exact) mass is 270 g/mol. The number of hydrogen-bond donors (Lipinski definition) is 0. The average molecular weight is 270 g/mol. The van der Waals surface area contributed by atoms with Crippen molar-refractivity contribution in [2.45, 2.75) is 26.7 Å². The van der Waals surface area contributed by atoms with Gasteiger partial charge in [-0.25, -0.2) is 14.4 Å². The Morgan fingerprint density at radius 2 is 1.85 bits per heavy atom. The molecule has 1 aromatic heterocycles. The summed E-state index contributed by atoms with van der Waals surface area (Å²) >= 11 is 0. The Labute approximate surface area is 116 Å². The molecular weight excluding hydrogens is 255 g/mol. The minimum Gasteiger partial charge on any atom is -0.294 e. The number of nitrogens with zero attached hydrogens (tertiary/aromatic N) is 2. The molecule has 0 unspecified atom stereocenters. The van der Waals surface area contributed by atoms with Crippen LogP contribution in [0.15, 0.2) is 30.5 Å². The zero-order chi connectivity index (χ0) is 14.3. The number of halogens is 1. The van der Waals surface area contributed by atoms with Crippen LogP contribution in [0.1, 0.15) is 36.3 Å². The Bertz CT molecular complexity index is 677. The molecule has 0 spiro atoms. The molecule has 1 aliphatic rings. The van der Waals surface area contributed by atoms with Crippen molar-refractivity contribution in [1.29, 1.82) is 0 Å². The highest BCUT2D eigenvalue weighted by Gasteiger charge is 2.32. The summed E-state index contributed by atoms with van der Waals surface area (Å²) in [7, 11) is 0. The topological polar surface area (TPSA) is 42.9 Å². The number of rotatable bonds is 1. The first kappa shape index (κ1) is 12.9. The quantitative estimate of drug-likeness (QED) is 0.797. The van der Waals surface area contributed by atoms with Gasteiger partial charge in [-0.15, -0.1) is 0 Å². The fourth-order valence-corrected chi connectivity index (χ4v) is 2.57. The molecule has 4 heteroatoms. The van der Waals surface area contributed by atoms with E-state index in [4.69, 9.17) is 0 Å². The molecule has 0 radical (unpaired) electrons. The first-order valence-corrected chi connectivity index (χ1v) is 6.60. The minimum atomic E-state index is -0.289. The predicted molar refractivity (Wildman–Crippen MR) is 73.9 cm³/mol. The lowest BCUT2D eigenvalue weighted by molar-refractivity contribution is 0.0910. The highest BCUT2D eigenvalue weighted by atomic mass is 19.1. The molecule has 0 fully saturated rings. The van der Waals surface area contributed by atoms with Gasteiger partial charge in [-0.2, -0.15) is 0 Å². The Morgan fingerprint density at radius 1 is 1.15 bits per heavy atom. The van der Waals surface area contributed by atoms with Crippen LogP contribution in [-0.4, -0.2) is 15.8 Å². The summed E-state index contributed by atoms with van der Waals surface area (Å²) in [6.45, 7) is 4.13. The molecule has 3 nitrogen and oxygen atoms in total. The van der Waals surface area contributed by atoms with Crippen LogP contribution in [0.2, 0.25) is 0 Å². The fraction of sp³-hybridized carbons (Fsp3) is 0.312. The molecule has 0 atom stereocenters. The maximum Gasteiger partial charge on any atom is 0.166 e. The van der Waals surface area contributed by atoms with Crippen molar-refractivity contribution in [3.05, 3.63) is 47.5 Å². The van der Waals surface area contributed by atoms with Crippen LogP contribution in [0.5, 0.6) is 0 Å². The average Bonchev–Trinajstić information content (AvgIpc) is 2.37. The largest absolute Gasteiger partial charge is 0.294 e. The maximum absolute atomic E-state index is 12.9. The Kier molecular flexibility index (Phi) is 2.89. The number of fused-ring (bicyclic) bond motifs is 1. The van der Waals surface area contributed by atoms with Crippen LogP contribution in [0.25, 0.3) is 11.4 Å². The Hall–Kier alpha value is -2.10. The van der Waals surface area contributed by atoms with Gasteiger partial charge in [-0.1, -0.05) is 13.8 Å². The lowest BCUT2D eigenvalue weighted by Gasteiger charge is -2.29. The predicted octanol–water partition coefficient (Wildman–Crippen LogP) is 3.44. The van der Waals surface area contributed by atoms with Gasteiger partial charge in [0.2, 0.25) is 0 Å². The second-order valence-corrected chi connectivity index (χ2v) is 6.00. The first-order chi connectivity index (χ1) is 9.44. The van der Waals surface area contributed by atoms with Crippen molar-refractivity contribution < 1.29 is 9.18 Å².